The Labute approximate surface area is 335 Å². The van der Waals surface area contributed by atoms with E-state index in [1.807, 2.05) is 66.9 Å². The van der Waals surface area contributed by atoms with E-state index in [1.54, 1.807) is 42.1 Å². The number of benzene rings is 3. The number of aryl methyl sites for hydroxylation is 1. The summed E-state index contributed by atoms with van der Waals surface area (Å²) in [4.78, 5) is 30.9. The van der Waals surface area contributed by atoms with Crippen LogP contribution in [-0.2, 0) is 7.05 Å². The number of nitrogens with zero attached hydrogens (tertiary/aromatic N) is 5. The van der Waals surface area contributed by atoms with Gasteiger partial charge in [-0.05, 0) is 105 Å². The van der Waals surface area contributed by atoms with Crippen molar-refractivity contribution in [2.75, 3.05) is 24.6 Å². The number of H-pyrrole nitrogens is 1. The molecule has 2 fully saturated rings. The fourth-order valence-corrected chi connectivity index (χ4v) is 7.80. The van der Waals surface area contributed by atoms with E-state index in [-0.39, 0.29) is 23.6 Å². The van der Waals surface area contributed by atoms with Gasteiger partial charge in [0, 0.05) is 61.2 Å². The number of aromatic amines is 1. The van der Waals surface area contributed by atoms with Crippen LogP contribution in [0.4, 0.5) is 5.82 Å². The van der Waals surface area contributed by atoms with Crippen molar-refractivity contribution < 1.29 is 19.0 Å². The van der Waals surface area contributed by atoms with Crippen molar-refractivity contribution in [1.82, 2.24) is 25.1 Å². The van der Waals surface area contributed by atoms with Crippen LogP contribution in [0.2, 0.25) is 5.02 Å². The number of hydrogen-bond acceptors (Lipinski definition) is 9. The summed E-state index contributed by atoms with van der Waals surface area (Å²) >= 11 is 6.15. The number of ether oxygens (including phenoxy) is 3. The largest absolute Gasteiger partial charge is 0.493 e. The average Bonchev–Trinajstić information content (AvgIpc) is 3.74. The summed E-state index contributed by atoms with van der Waals surface area (Å²) in [6.45, 7) is 2.26. The van der Waals surface area contributed by atoms with E-state index in [9.17, 15) is 9.59 Å². The van der Waals surface area contributed by atoms with Crippen LogP contribution in [0.3, 0.4) is 0 Å². The number of carbonyl (C=O) groups is 1. The molecule has 13 heteroatoms. The summed E-state index contributed by atoms with van der Waals surface area (Å²) in [5.74, 6) is 3.73. The van der Waals surface area contributed by atoms with E-state index in [0.29, 0.717) is 51.6 Å². The van der Waals surface area contributed by atoms with Crippen molar-refractivity contribution in [3.63, 3.8) is 0 Å². The molecule has 8 rings (SSSR count). The molecule has 1 amide bonds. The molecule has 2 N–H and O–H groups in total. The number of hydrogen-bond donors (Lipinski definition) is 2. The van der Waals surface area contributed by atoms with Gasteiger partial charge in [-0.3, -0.25) is 9.59 Å². The Balaban J connectivity index is 0.775. The zero-order chi connectivity index (χ0) is 39.3. The van der Waals surface area contributed by atoms with Crippen LogP contribution in [0, 0.1) is 17.2 Å². The predicted molar refractivity (Wildman–Crippen MR) is 218 cm³/mol. The van der Waals surface area contributed by atoms with Crippen LogP contribution in [0.25, 0.3) is 22.0 Å². The number of nitrogens with one attached hydrogen (secondary N) is 2. The van der Waals surface area contributed by atoms with Gasteiger partial charge in [0.25, 0.3) is 11.5 Å². The molecule has 4 heterocycles. The van der Waals surface area contributed by atoms with E-state index in [1.165, 1.54) is 0 Å². The molecule has 1 aliphatic heterocycles. The minimum atomic E-state index is -0.225. The average molecular weight is 784 g/mol. The highest BCUT2D eigenvalue weighted by Crippen LogP contribution is 2.37. The molecule has 0 bridgehead atoms. The lowest BCUT2D eigenvalue weighted by Gasteiger charge is -2.32. The first-order valence-corrected chi connectivity index (χ1v) is 19.6. The van der Waals surface area contributed by atoms with Crippen LogP contribution in [0.15, 0.2) is 102 Å². The number of aromatic nitrogens is 4. The number of anilines is 1. The smallest absolute Gasteiger partial charge is 0.274 e. The number of amides is 1. The number of fused-ring (bicyclic) bond motifs is 1. The summed E-state index contributed by atoms with van der Waals surface area (Å²) in [5, 5.41) is 22.1. The van der Waals surface area contributed by atoms with Gasteiger partial charge in [-0.25, -0.2) is 0 Å². The van der Waals surface area contributed by atoms with Crippen molar-refractivity contribution in [3.05, 3.63) is 124 Å². The third-order valence-corrected chi connectivity index (χ3v) is 11.1. The van der Waals surface area contributed by atoms with E-state index >= 15 is 0 Å². The molecule has 3 aromatic heterocycles. The van der Waals surface area contributed by atoms with Gasteiger partial charge < -0.3 is 34.0 Å². The Morgan fingerprint density at radius 2 is 1.67 bits per heavy atom. The molecule has 1 aliphatic carbocycles. The first-order chi connectivity index (χ1) is 27.8. The zero-order valence-electron chi connectivity index (χ0n) is 31.5. The number of carbonyl (C=O) groups excluding carboxylic acids is 1. The van der Waals surface area contributed by atoms with Gasteiger partial charge in [-0.1, -0.05) is 29.8 Å². The Kier molecular flexibility index (Phi) is 11.1. The fourth-order valence-electron chi connectivity index (χ4n) is 7.59. The Morgan fingerprint density at radius 1 is 0.912 bits per heavy atom. The fraction of sp³-hybridized carbons (Fsp3) is 0.295. The van der Waals surface area contributed by atoms with Crippen LogP contribution in [-0.4, -0.2) is 57.5 Å². The van der Waals surface area contributed by atoms with E-state index in [2.05, 4.69) is 31.5 Å². The van der Waals surface area contributed by atoms with Crippen LogP contribution in [0.5, 0.6) is 23.0 Å². The topological polar surface area (TPSA) is 147 Å². The second-order valence-corrected chi connectivity index (χ2v) is 15.0. The van der Waals surface area contributed by atoms with Gasteiger partial charge in [0.1, 0.15) is 34.6 Å². The molecule has 57 heavy (non-hydrogen) atoms. The minimum absolute atomic E-state index is 0.0254. The Bertz CT molecular complexity index is 2460. The van der Waals surface area contributed by atoms with Gasteiger partial charge >= 0.3 is 0 Å². The third-order valence-electron chi connectivity index (χ3n) is 10.8. The maximum atomic E-state index is 13.0. The van der Waals surface area contributed by atoms with Crippen LogP contribution in [0.1, 0.15) is 54.6 Å². The lowest BCUT2D eigenvalue weighted by Crippen LogP contribution is -2.40. The normalized spacial score (nSPS) is 17.2. The summed E-state index contributed by atoms with van der Waals surface area (Å²) in [6, 6.07) is 28.2. The van der Waals surface area contributed by atoms with Crippen molar-refractivity contribution in [1.29, 1.82) is 5.26 Å². The summed E-state index contributed by atoms with van der Waals surface area (Å²) in [5.41, 5.74) is 3.01. The van der Waals surface area contributed by atoms with Gasteiger partial charge in [-0.2, -0.15) is 5.26 Å². The van der Waals surface area contributed by atoms with Gasteiger partial charge in [0.05, 0.1) is 23.3 Å². The number of rotatable bonds is 11. The molecule has 1 saturated heterocycles. The third kappa shape index (κ3) is 8.59. The molecule has 3 aromatic carbocycles. The van der Waals surface area contributed by atoms with Crippen molar-refractivity contribution >= 4 is 34.2 Å². The van der Waals surface area contributed by atoms with E-state index in [0.717, 1.165) is 79.7 Å². The van der Waals surface area contributed by atoms with E-state index < -0.39 is 0 Å². The molecular formula is C44H42ClN7O5. The molecule has 290 valence electrons. The minimum Gasteiger partial charge on any atom is -0.493 e. The Morgan fingerprint density at radius 3 is 2.40 bits per heavy atom. The first kappa shape index (κ1) is 37.6. The zero-order valence-corrected chi connectivity index (χ0v) is 32.2. The lowest BCUT2D eigenvalue weighted by molar-refractivity contribution is 0.0888. The second-order valence-electron chi connectivity index (χ2n) is 14.6. The molecule has 2 aliphatic rings. The van der Waals surface area contributed by atoms with Crippen LogP contribution >= 0.6 is 11.6 Å². The van der Waals surface area contributed by atoms with Gasteiger partial charge in [0.15, 0.2) is 11.5 Å². The van der Waals surface area contributed by atoms with Crippen molar-refractivity contribution in [2.45, 2.75) is 50.7 Å². The summed E-state index contributed by atoms with van der Waals surface area (Å²) in [7, 11) is 1.75. The lowest BCUT2D eigenvalue weighted by atomic mass is 9.93. The highest BCUT2D eigenvalue weighted by Gasteiger charge is 2.26. The number of para-hydroxylation sites is 1. The van der Waals surface area contributed by atoms with E-state index in [4.69, 9.17) is 31.1 Å². The van der Waals surface area contributed by atoms with Crippen LogP contribution < -0.4 is 30.0 Å². The molecular weight excluding hydrogens is 742 g/mol. The highest BCUT2D eigenvalue weighted by atomic mass is 35.5. The molecule has 0 atom stereocenters. The number of piperidine rings is 1. The SMILES string of the molecule is Cn1cc(-c2ccccc2Oc2ccc(OCC3CCN(c4ccc(C(=O)NC5CCC(Oc6ccc(C#N)c(Cl)c6)CC5)nn4)CC3)cc2)c2cc[nH]c2c1=O. The monoisotopic (exact) mass is 783 g/mol. The molecule has 0 unspecified atom stereocenters. The van der Waals surface area contributed by atoms with Gasteiger partial charge in [0.2, 0.25) is 0 Å². The molecule has 12 nitrogen and oxygen atoms in total. The van der Waals surface area contributed by atoms with Gasteiger partial charge in [-0.15, -0.1) is 10.2 Å². The maximum absolute atomic E-state index is 13.0. The highest BCUT2D eigenvalue weighted by molar-refractivity contribution is 6.31. The maximum Gasteiger partial charge on any atom is 0.274 e. The second kappa shape index (κ2) is 16.8. The summed E-state index contributed by atoms with van der Waals surface area (Å²) in [6.07, 6.45) is 8.72. The predicted octanol–water partition coefficient (Wildman–Crippen LogP) is 8.06. The molecule has 0 radical (unpaired) electrons. The van der Waals surface area contributed by atoms with Crippen molar-refractivity contribution in [3.8, 4) is 40.2 Å². The Hall–Kier alpha value is -6.32. The first-order valence-electron chi connectivity index (χ1n) is 19.2. The summed E-state index contributed by atoms with van der Waals surface area (Å²) < 4.78 is 20.2. The molecule has 1 saturated carbocycles. The molecule has 6 aromatic rings. The number of nitriles is 1. The number of halogens is 1. The quantitative estimate of drug-likeness (QED) is 0.133. The number of pyridine rings is 1. The van der Waals surface area contributed by atoms with Crippen molar-refractivity contribution in [2.24, 2.45) is 13.0 Å². The standard InChI is InChI=1S/C44H42ClN7O5/c1-51-26-37(36-18-21-47-42(36)44(51)54)35-4-2-3-5-40(35)57-33-14-12-31(13-15-33)55-27-28-19-22-52(23-20-28)41-17-16-39(49-50-41)43(53)48-30-7-10-32(11-8-30)56-34-9-6-29(25-46)38(45)24-34/h2-6,9,12-18,21,24,26,28,30,32,47H,7-8,10-11,19-20,22-23,27H2,1H3,(H,48,53). The molecule has 0 spiro atoms.